The van der Waals surface area contributed by atoms with Crippen LogP contribution < -0.4 is 5.32 Å². The van der Waals surface area contributed by atoms with E-state index in [1.54, 1.807) is 24.6 Å². The van der Waals surface area contributed by atoms with Crippen molar-refractivity contribution >= 4 is 5.91 Å². The highest BCUT2D eigenvalue weighted by Gasteiger charge is 2.12. The Bertz CT molecular complexity index is 742. The largest absolute Gasteiger partial charge is 0.463 e. The van der Waals surface area contributed by atoms with Crippen molar-refractivity contribution in [3.63, 3.8) is 0 Å². The highest BCUT2D eigenvalue weighted by atomic mass is 16.3. The molecule has 0 saturated carbocycles. The Morgan fingerprint density at radius 2 is 2.36 bits per heavy atom. The number of aromatic nitrogens is 4. The lowest BCUT2D eigenvalue weighted by atomic mass is 10.3. The minimum atomic E-state index is -0.203. The third-order valence-electron chi connectivity index (χ3n) is 3.36. The summed E-state index contributed by atoms with van der Waals surface area (Å²) in [7, 11) is 0. The van der Waals surface area contributed by atoms with Crippen LogP contribution in [0.3, 0.4) is 0 Å². The first kappa shape index (κ1) is 14.1. The molecule has 0 unspecified atom stereocenters. The van der Waals surface area contributed by atoms with Crippen LogP contribution in [0.15, 0.2) is 41.1 Å². The zero-order chi connectivity index (χ0) is 15.4. The van der Waals surface area contributed by atoms with Gasteiger partial charge < -0.3 is 9.73 Å². The molecule has 0 aliphatic rings. The summed E-state index contributed by atoms with van der Waals surface area (Å²) in [6, 6.07) is 7.22. The fourth-order valence-corrected chi connectivity index (χ4v) is 2.15. The number of aromatic amines is 1. The number of hydrogen-bond donors (Lipinski definition) is 2. The van der Waals surface area contributed by atoms with E-state index >= 15 is 0 Å². The number of carbonyl (C=O) groups excluding carboxylic acids is 1. The molecule has 1 amide bonds. The average Bonchev–Trinajstić information content (AvgIpc) is 3.24. The average molecular weight is 299 g/mol. The Morgan fingerprint density at radius 3 is 3.09 bits per heavy atom. The smallest absolute Gasteiger partial charge is 0.271 e. The van der Waals surface area contributed by atoms with Crippen LogP contribution in [0.2, 0.25) is 0 Å². The lowest BCUT2D eigenvalue weighted by molar-refractivity contribution is 0.0947. The first-order valence-electron chi connectivity index (χ1n) is 7.10. The van der Waals surface area contributed by atoms with E-state index in [0.717, 1.165) is 18.7 Å². The van der Waals surface area contributed by atoms with E-state index in [0.29, 0.717) is 23.7 Å². The van der Waals surface area contributed by atoms with Crippen molar-refractivity contribution in [3.05, 3.63) is 48.1 Å². The van der Waals surface area contributed by atoms with E-state index in [2.05, 4.69) is 20.6 Å². The number of furan rings is 1. The molecule has 0 aliphatic carbocycles. The molecule has 0 radical (unpaired) electrons. The second-order valence-electron chi connectivity index (χ2n) is 4.95. The van der Waals surface area contributed by atoms with Crippen molar-refractivity contribution in [1.29, 1.82) is 0 Å². The van der Waals surface area contributed by atoms with Gasteiger partial charge >= 0.3 is 0 Å². The van der Waals surface area contributed by atoms with Crippen molar-refractivity contribution in [3.8, 4) is 11.5 Å². The van der Waals surface area contributed by atoms with Crippen LogP contribution in [0.25, 0.3) is 11.5 Å². The van der Waals surface area contributed by atoms with Gasteiger partial charge in [0.05, 0.1) is 6.26 Å². The fraction of sp³-hybridized carbons (Fsp3) is 0.267. The van der Waals surface area contributed by atoms with Crippen LogP contribution in [-0.4, -0.2) is 32.4 Å². The number of rotatable bonds is 6. The Balaban J connectivity index is 1.49. The molecule has 3 heterocycles. The van der Waals surface area contributed by atoms with E-state index in [4.69, 9.17) is 4.42 Å². The lowest BCUT2D eigenvalue weighted by Gasteiger charge is -2.05. The van der Waals surface area contributed by atoms with Crippen LogP contribution in [0.1, 0.15) is 22.6 Å². The van der Waals surface area contributed by atoms with Gasteiger partial charge in [-0.1, -0.05) is 0 Å². The molecule has 114 valence electrons. The molecular formula is C15H17N5O2. The van der Waals surface area contributed by atoms with Crippen LogP contribution in [-0.2, 0) is 6.54 Å². The maximum Gasteiger partial charge on any atom is 0.271 e. The number of amides is 1. The second-order valence-corrected chi connectivity index (χ2v) is 4.95. The summed E-state index contributed by atoms with van der Waals surface area (Å²) in [4.78, 5) is 12.0. The quantitative estimate of drug-likeness (QED) is 0.681. The summed E-state index contributed by atoms with van der Waals surface area (Å²) in [6.07, 6.45) is 4.16. The van der Waals surface area contributed by atoms with Gasteiger partial charge in [-0.25, -0.2) is 0 Å². The molecule has 0 fully saturated rings. The van der Waals surface area contributed by atoms with Crippen molar-refractivity contribution < 1.29 is 9.21 Å². The molecule has 3 aromatic rings. The lowest BCUT2D eigenvalue weighted by Crippen LogP contribution is -2.25. The molecule has 3 rings (SSSR count). The molecule has 7 heteroatoms. The minimum absolute atomic E-state index is 0.203. The monoisotopic (exact) mass is 299 g/mol. The maximum atomic E-state index is 12.0. The van der Waals surface area contributed by atoms with E-state index in [9.17, 15) is 4.79 Å². The molecular weight excluding hydrogens is 282 g/mol. The van der Waals surface area contributed by atoms with Gasteiger partial charge in [-0.05, 0) is 31.5 Å². The van der Waals surface area contributed by atoms with Gasteiger partial charge in [0.2, 0.25) is 0 Å². The van der Waals surface area contributed by atoms with Crippen molar-refractivity contribution in [1.82, 2.24) is 25.3 Å². The first-order valence-corrected chi connectivity index (χ1v) is 7.10. The molecule has 2 N–H and O–H groups in total. The van der Waals surface area contributed by atoms with Crippen molar-refractivity contribution in [2.24, 2.45) is 0 Å². The van der Waals surface area contributed by atoms with Gasteiger partial charge in [0, 0.05) is 31.0 Å². The predicted octanol–water partition coefficient (Wildman–Crippen LogP) is 1.99. The summed E-state index contributed by atoms with van der Waals surface area (Å²) >= 11 is 0. The van der Waals surface area contributed by atoms with E-state index in [1.807, 2.05) is 23.7 Å². The van der Waals surface area contributed by atoms with Crippen LogP contribution in [0.5, 0.6) is 0 Å². The van der Waals surface area contributed by atoms with Crippen molar-refractivity contribution in [2.75, 3.05) is 6.54 Å². The van der Waals surface area contributed by atoms with Gasteiger partial charge in [0.15, 0.2) is 11.5 Å². The predicted molar refractivity (Wildman–Crippen MR) is 80.2 cm³/mol. The Hall–Kier alpha value is -2.83. The number of nitrogens with zero attached hydrogens (tertiary/aromatic N) is 3. The van der Waals surface area contributed by atoms with E-state index in [-0.39, 0.29) is 5.91 Å². The number of hydrogen-bond acceptors (Lipinski definition) is 4. The molecule has 3 aromatic heterocycles. The third-order valence-corrected chi connectivity index (χ3v) is 3.36. The number of carbonyl (C=O) groups is 1. The van der Waals surface area contributed by atoms with Gasteiger partial charge in [0.25, 0.3) is 5.91 Å². The molecule has 22 heavy (non-hydrogen) atoms. The molecule has 0 atom stereocenters. The second kappa shape index (κ2) is 6.30. The number of nitrogens with one attached hydrogen (secondary N) is 2. The fourth-order valence-electron chi connectivity index (χ4n) is 2.15. The van der Waals surface area contributed by atoms with E-state index in [1.165, 1.54) is 0 Å². The zero-order valence-corrected chi connectivity index (χ0v) is 12.2. The first-order chi connectivity index (χ1) is 10.7. The van der Waals surface area contributed by atoms with Crippen molar-refractivity contribution in [2.45, 2.75) is 19.9 Å². The molecule has 0 saturated heterocycles. The van der Waals surface area contributed by atoms with Crippen LogP contribution in [0.4, 0.5) is 0 Å². The minimum Gasteiger partial charge on any atom is -0.463 e. The molecule has 0 aliphatic heterocycles. The third kappa shape index (κ3) is 3.08. The highest BCUT2D eigenvalue weighted by Crippen LogP contribution is 2.17. The summed E-state index contributed by atoms with van der Waals surface area (Å²) in [5.41, 5.74) is 2.14. The number of aryl methyl sites for hydroxylation is 2. The number of H-pyrrole nitrogens is 1. The van der Waals surface area contributed by atoms with Crippen LogP contribution >= 0.6 is 0 Å². The summed E-state index contributed by atoms with van der Waals surface area (Å²) < 4.78 is 7.16. The molecule has 0 bridgehead atoms. The zero-order valence-electron chi connectivity index (χ0n) is 12.2. The highest BCUT2D eigenvalue weighted by molar-refractivity contribution is 5.93. The standard InChI is InChI=1S/C15H17N5O2/c1-11-5-7-17-20(11)8-3-6-16-15(21)13-10-12(18-19-13)14-4-2-9-22-14/h2,4-5,7,9-10H,3,6,8H2,1H3,(H,16,21)(H,18,19). The van der Waals surface area contributed by atoms with Gasteiger partial charge in [-0.3, -0.25) is 14.6 Å². The van der Waals surface area contributed by atoms with Gasteiger partial charge in [0.1, 0.15) is 5.69 Å². The molecule has 0 spiro atoms. The van der Waals surface area contributed by atoms with Crippen LogP contribution in [0, 0.1) is 6.92 Å². The summed E-state index contributed by atoms with van der Waals surface area (Å²) in [5, 5.41) is 13.8. The topological polar surface area (TPSA) is 88.7 Å². The Labute approximate surface area is 127 Å². The maximum absolute atomic E-state index is 12.0. The molecule has 0 aromatic carbocycles. The molecule has 7 nitrogen and oxygen atoms in total. The Kier molecular flexibility index (Phi) is 4.04. The van der Waals surface area contributed by atoms with Gasteiger partial charge in [-0.15, -0.1) is 0 Å². The summed E-state index contributed by atoms with van der Waals surface area (Å²) in [5.74, 6) is 0.451. The van der Waals surface area contributed by atoms with E-state index < -0.39 is 0 Å². The normalized spacial score (nSPS) is 10.8. The Morgan fingerprint density at radius 1 is 1.45 bits per heavy atom. The van der Waals surface area contributed by atoms with Gasteiger partial charge in [-0.2, -0.15) is 10.2 Å². The SMILES string of the molecule is Cc1ccnn1CCCNC(=O)c1cc(-c2ccco2)[nH]n1. The summed E-state index contributed by atoms with van der Waals surface area (Å²) in [6.45, 7) is 3.35.